The molecule has 8 heteroatoms. The Balaban J connectivity index is 2.09. The Morgan fingerprint density at radius 3 is 2.47 bits per heavy atom. The highest BCUT2D eigenvalue weighted by atomic mass is 19.4. The third-order valence-corrected chi connectivity index (χ3v) is 2.28. The van der Waals surface area contributed by atoms with Gasteiger partial charge in [-0.05, 0) is 12.8 Å². The summed E-state index contributed by atoms with van der Waals surface area (Å²) in [7, 11) is 0. The first-order chi connectivity index (χ1) is 6.97. The van der Waals surface area contributed by atoms with Crippen molar-refractivity contribution in [1.82, 2.24) is 10.2 Å². The number of nitrogens with zero attached hydrogens (tertiary/aromatic N) is 2. The first-order valence-electron chi connectivity index (χ1n) is 4.34. The molecule has 0 spiro atoms. The highest BCUT2D eigenvalue weighted by molar-refractivity contribution is 5.31. The molecule has 1 fully saturated rings. The fraction of sp³-hybridized carbons (Fsp3) is 0.714. The first kappa shape index (κ1) is 10.2. The van der Waals surface area contributed by atoms with Crippen LogP contribution in [-0.2, 0) is 6.54 Å². The Morgan fingerprint density at radius 2 is 2.07 bits per heavy atom. The van der Waals surface area contributed by atoms with E-state index in [0.717, 1.165) is 0 Å². The van der Waals surface area contributed by atoms with Gasteiger partial charge in [-0.3, -0.25) is 0 Å². The largest absolute Gasteiger partial charge is 0.411 e. The van der Waals surface area contributed by atoms with Crippen molar-refractivity contribution in [3.8, 4) is 0 Å². The molecule has 0 radical (unpaired) electrons. The zero-order chi connectivity index (χ0) is 11.1. The molecule has 0 aliphatic heterocycles. The van der Waals surface area contributed by atoms with Crippen LogP contribution in [0.3, 0.4) is 0 Å². The molecule has 0 atom stereocenters. The number of anilines is 1. The molecular weight excluding hydrogens is 213 g/mol. The van der Waals surface area contributed by atoms with Crippen LogP contribution in [0.15, 0.2) is 4.42 Å². The van der Waals surface area contributed by atoms with Crippen molar-refractivity contribution in [3.05, 3.63) is 5.89 Å². The third kappa shape index (κ3) is 1.76. The molecule has 3 N–H and O–H groups in total. The lowest BCUT2D eigenvalue weighted by Gasteiger charge is -2.18. The van der Waals surface area contributed by atoms with Crippen LogP contribution in [-0.4, -0.2) is 21.9 Å². The minimum absolute atomic E-state index is 0.00764. The Hall–Kier alpha value is -1.31. The SMILES string of the molecule is NCc1nnc(NC2(C(F)(F)F)CC2)o1. The van der Waals surface area contributed by atoms with Crippen LogP contribution in [0.2, 0.25) is 0 Å². The minimum atomic E-state index is -4.30. The van der Waals surface area contributed by atoms with Gasteiger partial charge < -0.3 is 15.5 Å². The lowest BCUT2D eigenvalue weighted by atomic mass is 10.3. The van der Waals surface area contributed by atoms with Gasteiger partial charge in [-0.1, -0.05) is 5.10 Å². The van der Waals surface area contributed by atoms with Crippen molar-refractivity contribution < 1.29 is 17.6 Å². The van der Waals surface area contributed by atoms with E-state index in [0.29, 0.717) is 0 Å². The normalized spacial score (nSPS) is 18.9. The van der Waals surface area contributed by atoms with Crippen LogP contribution >= 0.6 is 0 Å². The molecule has 1 aromatic rings. The average Bonchev–Trinajstić information content (AvgIpc) is 2.78. The van der Waals surface area contributed by atoms with Crippen molar-refractivity contribution in [2.45, 2.75) is 31.1 Å². The topological polar surface area (TPSA) is 77.0 Å². The van der Waals surface area contributed by atoms with Crippen LogP contribution in [0.5, 0.6) is 0 Å². The van der Waals surface area contributed by atoms with Gasteiger partial charge in [-0.2, -0.15) is 13.2 Å². The smallest absolute Gasteiger partial charge is 0.407 e. The molecule has 0 aromatic carbocycles. The van der Waals surface area contributed by atoms with Gasteiger partial charge in [-0.25, -0.2) is 0 Å². The zero-order valence-electron chi connectivity index (χ0n) is 7.64. The van der Waals surface area contributed by atoms with Gasteiger partial charge in [0.25, 0.3) is 0 Å². The molecule has 1 saturated carbocycles. The summed E-state index contributed by atoms with van der Waals surface area (Å²) in [4.78, 5) is 0. The molecule has 0 unspecified atom stereocenters. The highest BCUT2D eigenvalue weighted by Gasteiger charge is 2.64. The van der Waals surface area contributed by atoms with Crippen LogP contribution in [0, 0.1) is 0 Å². The van der Waals surface area contributed by atoms with Gasteiger partial charge in [0, 0.05) is 0 Å². The molecule has 0 bridgehead atoms. The zero-order valence-corrected chi connectivity index (χ0v) is 7.64. The number of nitrogens with one attached hydrogen (secondary N) is 1. The number of nitrogens with two attached hydrogens (primary N) is 1. The van der Waals surface area contributed by atoms with Gasteiger partial charge in [0.2, 0.25) is 5.89 Å². The Morgan fingerprint density at radius 1 is 1.40 bits per heavy atom. The van der Waals surface area contributed by atoms with E-state index in [-0.39, 0.29) is 31.3 Å². The summed E-state index contributed by atoms with van der Waals surface area (Å²) in [5.41, 5.74) is 3.30. The summed E-state index contributed by atoms with van der Waals surface area (Å²) in [6.07, 6.45) is -4.25. The number of halogens is 3. The van der Waals surface area contributed by atoms with Crippen molar-refractivity contribution in [3.63, 3.8) is 0 Å². The second-order valence-corrected chi connectivity index (χ2v) is 3.41. The number of aromatic nitrogens is 2. The summed E-state index contributed by atoms with van der Waals surface area (Å²) in [5.74, 6) is 0.107. The summed E-state index contributed by atoms with van der Waals surface area (Å²) < 4.78 is 42.3. The molecule has 1 aromatic heterocycles. The summed E-state index contributed by atoms with van der Waals surface area (Å²) in [5, 5.41) is 9.08. The second-order valence-electron chi connectivity index (χ2n) is 3.41. The average molecular weight is 222 g/mol. The van der Waals surface area contributed by atoms with E-state index in [1.54, 1.807) is 0 Å². The van der Waals surface area contributed by atoms with Crippen molar-refractivity contribution >= 4 is 6.01 Å². The van der Waals surface area contributed by atoms with Gasteiger partial charge in [0.1, 0.15) is 5.54 Å². The number of alkyl halides is 3. The molecule has 0 amide bonds. The van der Waals surface area contributed by atoms with Crippen molar-refractivity contribution in [1.29, 1.82) is 0 Å². The van der Waals surface area contributed by atoms with Gasteiger partial charge in [-0.15, -0.1) is 5.10 Å². The van der Waals surface area contributed by atoms with Gasteiger partial charge in [0.15, 0.2) is 0 Å². The van der Waals surface area contributed by atoms with Crippen molar-refractivity contribution in [2.24, 2.45) is 5.73 Å². The van der Waals surface area contributed by atoms with Crippen LogP contribution in [0.25, 0.3) is 0 Å². The lowest BCUT2D eigenvalue weighted by molar-refractivity contribution is -0.151. The van der Waals surface area contributed by atoms with Crippen LogP contribution in [0.1, 0.15) is 18.7 Å². The third-order valence-electron chi connectivity index (χ3n) is 2.28. The maximum Gasteiger partial charge on any atom is 0.411 e. The van der Waals surface area contributed by atoms with Crippen molar-refractivity contribution in [2.75, 3.05) is 5.32 Å². The molecule has 0 saturated heterocycles. The molecule has 1 aliphatic rings. The lowest BCUT2D eigenvalue weighted by Crippen LogP contribution is -2.38. The Bertz CT molecular complexity index is 357. The number of rotatable bonds is 3. The first-order valence-corrected chi connectivity index (χ1v) is 4.34. The number of hydrogen-bond donors (Lipinski definition) is 2. The van der Waals surface area contributed by atoms with Gasteiger partial charge >= 0.3 is 12.2 Å². The van der Waals surface area contributed by atoms with Gasteiger partial charge in [0.05, 0.1) is 6.54 Å². The van der Waals surface area contributed by atoms with E-state index in [4.69, 9.17) is 10.2 Å². The highest BCUT2D eigenvalue weighted by Crippen LogP contribution is 2.50. The number of hydrogen-bond acceptors (Lipinski definition) is 5. The maximum absolute atomic E-state index is 12.5. The Kier molecular flexibility index (Phi) is 2.10. The standard InChI is InChI=1S/C7H9F3N4O/c8-7(9,10)6(1-2-6)12-5-14-13-4(3-11)15-5/h1-3,11H2,(H,12,14). The van der Waals surface area contributed by atoms with Crippen LogP contribution in [0.4, 0.5) is 19.2 Å². The Labute approximate surface area is 82.8 Å². The monoisotopic (exact) mass is 222 g/mol. The molecule has 1 heterocycles. The van der Waals surface area contributed by atoms with Crippen LogP contribution < -0.4 is 11.1 Å². The van der Waals surface area contributed by atoms with E-state index < -0.39 is 11.7 Å². The van der Waals surface area contributed by atoms with E-state index in [1.165, 1.54) is 0 Å². The molecular formula is C7H9F3N4O. The van der Waals surface area contributed by atoms with E-state index in [2.05, 4.69) is 15.5 Å². The van der Waals surface area contributed by atoms with E-state index in [9.17, 15) is 13.2 Å². The molecule has 5 nitrogen and oxygen atoms in total. The molecule has 15 heavy (non-hydrogen) atoms. The van der Waals surface area contributed by atoms with E-state index >= 15 is 0 Å². The molecule has 2 rings (SSSR count). The molecule has 84 valence electrons. The summed E-state index contributed by atoms with van der Waals surface area (Å²) >= 11 is 0. The predicted octanol–water partition coefficient (Wildman–Crippen LogP) is 1.04. The maximum atomic E-state index is 12.5. The molecule has 1 aliphatic carbocycles. The minimum Gasteiger partial charge on any atom is -0.407 e. The quantitative estimate of drug-likeness (QED) is 0.798. The second kappa shape index (κ2) is 3.09. The summed E-state index contributed by atoms with van der Waals surface area (Å²) in [6.45, 7) is 0.00764. The van der Waals surface area contributed by atoms with E-state index in [1.807, 2.05) is 0 Å². The fourth-order valence-corrected chi connectivity index (χ4v) is 1.20. The fourth-order valence-electron chi connectivity index (χ4n) is 1.20. The summed E-state index contributed by atoms with van der Waals surface area (Å²) in [6, 6.07) is -0.231. The predicted molar refractivity (Wildman–Crippen MR) is 43.8 cm³/mol.